The molecule has 29 heavy (non-hydrogen) atoms. The first-order valence-electron chi connectivity index (χ1n) is 9.47. The van der Waals surface area contributed by atoms with Crippen molar-refractivity contribution in [2.24, 2.45) is 0 Å². The van der Waals surface area contributed by atoms with E-state index in [0.29, 0.717) is 17.6 Å². The molecule has 0 saturated heterocycles. The highest BCUT2D eigenvalue weighted by Crippen LogP contribution is 2.28. The third-order valence-electron chi connectivity index (χ3n) is 4.43. The summed E-state index contributed by atoms with van der Waals surface area (Å²) in [5.74, 6) is 1.59. The fraction of sp³-hybridized carbons (Fsp3) is 0.318. The third kappa shape index (κ3) is 5.44. The molecule has 2 aromatic carbocycles. The number of hydrogen-bond donors (Lipinski definition) is 1. The SMILES string of the molecule is Cc1ccc(C(C)C)c(OC(C)C(=O)NCc2nc(-c3cccc(Br)c3)no2)c1. The maximum absolute atomic E-state index is 12.5. The van der Waals surface area contributed by atoms with Crippen LogP contribution >= 0.6 is 15.9 Å². The average Bonchev–Trinajstić information content (AvgIpc) is 3.15. The second kappa shape index (κ2) is 9.22. The highest BCUT2D eigenvalue weighted by molar-refractivity contribution is 9.10. The Morgan fingerprint density at radius 2 is 2.00 bits per heavy atom. The van der Waals surface area contributed by atoms with Crippen LogP contribution in [0.3, 0.4) is 0 Å². The van der Waals surface area contributed by atoms with Crippen LogP contribution in [0.4, 0.5) is 0 Å². The lowest BCUT2D eigenvalue weighted by Gasteiger charge is -2.19. The van der Waals surface area contributed by atoms with Crippen LogP contribution in [0, 0.1) is 6.92 Å². The molecule has 1 N–H and O–H groups in total. The van der Waals surface area contributed by atoms with E-state index in [4.69, 9.17) is 9.26 Å². The Morgan fingerprint density at radius 1 is 1.21 bits per heavy atom. The highest BCUT2D eigenvalue weighted by Gasteiger charge is 2.18. The summed E-state index contributed by atoms with van der Waals surface area (Å²) in [6, 6.07) is 13.7. The molecule has 0 fully saturated rings. The fourth-order valence-electron chi connectivity index (χ4n) is 2.84. The van der Waals surface area contributed by atoms with Crippen LogP contribution in [-0.2, 0) is 11.3 Å². The van der Waals surface area contributed by atoms with Crippen LogP contribution in [0.25, 0.3) is 11.4 Å². The molecule has 1 heterocycles. The Labute approximate surface area is 178 Å². The molecular weight excluding hydrogens is 434 g/mol. The van der Waals surface area contributed by atoms with E-state index in [9.17, 15) is 4.79 Å². The molecule has 1 unspecified atom stereocenters. The molecule has 1 aromatic heterocycles. The molecule has 0 bridgehead atoms. The van der Waals surface area contributed by atoms with Crippen molar-refractivity contribution in [2.45, 2.75) is 46.3 Å². The molecule has 152 valence electrons. The molecule has 6 nitrogen and oxygen atoms in total. The first kappa shape index (κ1) is 21.0. The second-order valence-electron chi connectivity index (χ2n) is 7.20. The van der Waals surface area contributed by atoms with Crippen molar-refractivity contribution in [3.63, 3.8) is 0 Å². The number of aryl methyl sites for hydroxylation is 1. The summed E-state index contributed by atoms with van der Waals surface area (Å²) in [4.78, 5) is 16.8. The summed E-state index contributed by atoms with van der Waals surface area (Å²) < 4.78 is 12.1. The standard InChI is InChI=1S/C22H24BrN3O3/c1-13(2)18-9-8-14(3)10-19(18)28-15(4)22(27)24-12-20-25-21(26-29-20)16-6-5-7-17(23)11-16/h5-11,13,15H,12H2,1-4H3,(H,24,27). The molecule has 7 heteroatoms. The highest BCUT2D eigenvalue weighted by atomic mass is 79.9. The number of hydrogen-bond acceptors (Lipinski definition) is 5. The van der Waals surface area contributed by atoms with Gasteiger partial charge in [0.1, 0.15) is 5.75 Å². The molecule has 1 atom stereocenters. The van der Waals surface area contributed by atoms with Crippen LogP contribution in [0.5, 0.6) is 5.75 Å². The van der Waals surface area contributed by atoms with E-state index in [1.165, 1.54) is 0 Å². The van der Waals surface area contributed by atoms with Gasteiger partial charge in [-0.1, -0.05) is 59.2 Å². The Balaban J connectivity index is 1.61. The topological polar surface area (TPSA) is 77.2 Å². The van der Waals surface area contributed by atoms with E-state index in [1.807, 2.05) is 49.4 Å². The maximum Gasteiger partial charge on any atom is 0.261 e. The maximum atomic E-state index is 12.5. The number of nitrogens with one attached hydrogen (secondary N) is 1. The van der Waals surface area contributed by atoms with Gasteiger partial charge < -0.3 is 14.6 Å². The van der Waals surface area contributed by atoms with Crippen LogP contribution < -0.4 is 10.1 Å². The lowest BCUT2D eigenvalue weighted by molar-refractivity contribution is -0.127. The van der Waals surface area contributed by atoms with E-state index in [2.05, 4.69) is 45.2 Å². The largest absolute Gasteiger partial charge is 0.481 e. The summed E-state index contributed by atoms with van der Waals surface area (Å²) in [6.07, 6.45) is -0.651. The number of carbonyl (C=O) groups excluding carboxylic acids is 1. The van der Waals surface area contributed by atoms with Crippen LogP contribution in [0.15, 0.2) is 51.5 Å². The number of aromatic nitrogens is 2. The first-order valence-corrected chi connectivity index (χ1v) is 10.3. The van der Waals surface area contributed by atoms with E-state index in [0.717, 1.165) is 26.9 Å². The van der Waals surface area contributed by atoms with Crippen molar-refractivity contribution in [1.29, 1.82) is 0 Å². The van der Waals surface area contributed by atoms with Gasteiger partial charge in [-0.05, 0) is 49.1 Å². The molecule has 1 amide bonds. The van der Waals surface area contributed by atoms with Gasteiger partial charge >= 0.3 is 0 Å². The number of amides is 1. The van der Waals surface area contributed by atoms with E-state index in [-0.39, 0.29) is 12.5 Å². The predicted octanol–water partition coefficient (Wildman–Crippen LogP) is 5.01. The minimum absolute atomic E-state index is 0.137. The molecule has 3 rings (SSSR count). The molecule has 0 aliphatic rings. The monoisotopic (exact) mass is 457 g/mol. The van der Waals surface area contributed by atoms with Crippen molar-refractivity contribution in [3.05, 3.63) is 64.0 Å². The molecule has 0 aliphatic heterocycles. The molecule has 0 saturated carbocycles. The lowest BCUT2D eigenvalue weighted by atomic mass is 10.0. The molecule has 0 radical (unpaired) electrons. The quantitative estimate of drug-likeness (QED) is 0.539. The molecule has 3 aromatic rings. The van der Waals surface area contributed by atoms with E-state index in [1.54, 1.807) is 6.92 Å². The second-order valence-corrected chi connectivity index (χ2v) is 8.11. The summed E-state index contributed by atoms with van der Waals surface area (Å²) in [5, 5.41) is 6.76. The van der Waals surface area contributed by atoms with E-state index >= 15 is 0 Å². The van der Waals surface area contributed by atoms with Crippen molar-refractivity contribution in [3.8, 4) is 17.1 Å². The Hall–Kier alpha value is -2.67. The van der Waals surface area contributed by atoms with Gasteiger partial charge in [-0.15, -0.1) is 0 Å². The van der Waals surface area contributed by atoms with Gasteiger partial charge in [0.2, 0.25) is 11.7 Å². The van der Waals surface area contributed by atoms with Crippen molar-refractivity contribution < 1.29 is 14.1 Å². The third-order valence-corrected chi connectivity index (χ3v) is 4.92. The number of nitrogens with zero attached hydrogens (tertiary/aromatic N) is 2. The van der Waals surface area contributed by atoms with Gasteiger partial charge in [-0.3, -0.25) is 4.79 Å². The van der Waals surface area contributed by atoms with Crippen molar-refractivity contribution in [1.82, 2.24) is 15.5 Å². The fourth-order valence-corrected chi connectivity index (χ4v) is 3.24. The van der Waals surface area contributed by atoms with Gasteiger partial charge in [0, 0.05) is 10.0 Å². The minimum Gasteiger partial charge on any atom is -0.481 e. The first-order chi connectivity index (χ1) is 13.8. The van der Waals surface area contributed by atoms with Gasteiger partial charge in [0.25, 0.3) is 5.91 Å². The normalized spacial score (nSPS) is 12.1. The summed E-state index contributed by atoms with van der Waals surface area (Å²) in [7, 11) is 0. The number of benzene rings is 2. The molecule has 0 spiro atoms. The Morgan fingerprint density at radius 3 is 2.72 bits per heavy atom. The zero-order valence-corrected chi connectivity index (χ0v) is 18.5. The average molecular weight is 458 g/mol. The summed E-state index contributed by atoms with van der Waals surface area (Å²) >= 11 is 3.42. The zero-order chi connectivity index (χ0) is 21.0. The Kier molecular flexibility index (Phi) is 6.69. The van der Waals surface area contributed by atoms with Gasteiger partial charge in [-0.2, -0.15) is 4.98 Å². The molecule has 0 aliphatic carbocycles. The van der Waals surface area contributed by atoms with Crippen LogP contribution in [0.1, 0.15) is 43.7 Å². The lowest BCUT2D eigenvalue weighted by Crippen LogP contribution is -2.36. The number of halogens is 1. The van der Waals surface area contributed by atoms with Crippen molar-refractivity contribution in [2.75, 3.05) is 0 Å². The summed E-state index contributed by atoms with van der Waals surface area (Å²) in [6.45, 7) is 8.06. The Bertz CT molecular complexity index is 1000. The van der Waals surface area contributed by atoms with Gasteiger partial charge in [-0.25, -0.2) is 0 Å². The van der Waals surface area contributed by atoms with Crippen LogP contribution in [-0.4, -0.2) is 22.2 Å². The molecular formula is C22H24BrN3O3. The van der Waals surface area contributed by atoms with Crippen molar-refractivity contribution >= 4 is 21.8 Å². The number of ether oxygens (including phenoxy) is 1. The van der Waals surface area contributed by atoms with Gasteiger partial charge in [0.05, 0.1) is 6.54 Å². The minimum atomic E-state index is -0.651. The van der Waals surface area contributed by atoms with E-state index < -0.39 is 6.10 Å². The zero-order valence-electron chi connectivity index (χ0n) is 16.9. The van der Waals surface area contributed by atoms with Gasteiger partial charge in [0.15, 0.2) is 6.10 Å². The summed E-state index contributed by atoms with van der Waals surface area (Å²) in [5.41, 5.74) is 2.99. The number of carbonyl (C=O) groups is 1. The van der Waals surface area contributed by atoms with Crippen LogP contribution in [0.2, 0.25) is 0 Å². The predicted molar refractivity (Wildman–Crippen MR) is 115 cm³/mol. The number of rotatable bonds is 7. The smallest absolute Gasteiger partial charge is 0.261 e.